The van der Waals surface area contributed by atoms with Gasteiger partial charge < -0.3 is 9.64 Å². The minimum Gasteiger partial charge on any atom is -0.378 e. The van der Waals surface area contributed by atoms with E-state index in [1.54, 1.807) is 0 Å². The van der Waals surface area contributed by atoms with Crippen LogP contribution in [0.2, 0.25) is 0 Å². The molecule has 1 heterocycles. The highest BCUT2D eigenvalue weighted by Gasteiger charge is 2.17. The van der Waals surface area contributed by atoms with E-state index >= 15 is 0 Å². The fraction of sp³-hybridized carbons (Fsp3) is 0.333. The topological polar surface area (TPSA) is 29.5 Å². The lowest BCUT2D eigenvalue weighted by Crippen LogP contribution is -2.40. The minimum absolute atomic E-state index is 0.0818. The molecule has 0 aliphatic carbocycles. The van der Waals surface area contributed by atoms with Gasteiger partial charge in [-0.25, -0.2) is 0 Å². The van der Waals surface area contributed by atoms with Crippen molar-refractivity contribution >= 4 is 5.91 Å². The molecule has 2 rings (SSSR count). The Hall–Kier alpha value is -1.35. The number of hydrogen-bond donors (Lipinski definition) is 0. The van der Waals surface area contributed by atoms with Crippen molar-refractivity contribution in [2.45, 2.75) is 0 Å². The predicted octanol–water partition coefficient (Wildman–Crippen LogP) is 1.34. The number of hydrogen-bond acceptors (Lipinski definition) is 2. The SMILES string of the molecule is [CH2]c1ccc(C(=O)N2CCOCC2)cc1. The van der Waals surface area contributed by atoms with E-state index in [1.165, 1.54) is 0 Å². The maximum atomic E-state index is 12.0. The summed E-state index contributed by atoms with van der Waals surface area (Å²) in [6, 6.07) is 7.35. The third-order valence-corrected chi connectivity index (χ3v) is 2.50. The molecule has 3 heteroatoms. The fourth-order valence-corrected chi connectivity index (χ4v) is 1.60. The van der Waals surface area contributed by atoms with Gasteiger partial charge in [0.15, 0.2) is 0 Å². The number of rotatable bonds is 1. The Bertz CT molecular complexity index is 339. The van der Waals surface area contributed by atoms with Gasteiger partial charge in [0, 0.05) is 18.7 Å². The lowest BCUT2D eigenvalue weighted by atomic mass is 10.1. The van der Waals surface area contributed by atoms with Crippen LogP contribution in [0.15, 0.2) is 24.3 Å². The molecule has 0 N–H and O–H groups in total. The summed E-state index contributed by atoms with van der Waals surface area (Å²) in [5, 5.41) is 0. The fourth-order valence-electron chi connectivity index (χ4n) is 1.60. The van der Waals surface area contributed by atoms with Gasteiger partial charge in [-0.3, -0.25) is 4.79 Å². The Balaban J connectivity index is 2.09. The zero-order valence-corrected chi connectivity index (χ0v) is 8.61. The number of amides is 1. The highest BCUT2D eigenvalue weighted by Crippen LogP contribution is 2.08. The zero-order valence-electron chi connectivity index (χ0n) is 8.61. The van der Waals surface area contributed by atoms with Crippen molar-refractivity contribution in [3.05, 3.63) is 42.3 Å². The molecule has 15 heavy (non-hydrogen) atoms. The summed E-state index contributed by atoms with van der Waals surface area (Å²) < 4.78 is 5.20. The molecule has 1 aliphatic rings. The molecule has 1 aromatic rings. The van der Waals surface area contributed by atoms with Crippen LogP contribution in [-0.2, 0) is 4.74 Å². The molecule has 79 valence electrons. The standard InChI is InChI=1S/C12H14NO2/c1-10-2-4-11(5-3-10)12(14)13-6-8-15-9-7-13/h2-5H,1,6-9H2. The Kier molecular flexibility index (Phi) is 3.02. The average Bonchev–Trinajstić information content (AvgIpc) is 2.30. The normalized spacial score (nSPS) is 16.5. The third-order valence-electron chi connectivity index (χ3n) is 2.50. The van der Waals surface area contributed by atoms with Gasteiger partial charge in [-0.15, -0.1) is 0 Å². The monoisotopic (exact) mass is 204 g/mol. The maximum absolute atomic E-state index is 12.0. The molecule has 1 saturated heterocycles. The second kappa shape index (κ2) is 4.45. The number of ether oxygens (including phenoxy) is 1. The Morgan fingerprint density at radius 3 is 2.40 bits per heavy atom. The van der Waals surface area contributed by atoms with Gasteiger partial charge in [-0.1, -0.05) is 12.1 Å². The largest absolute Gasteiger partial charge is 0.378 e. The van der Waals surface area contributed by atoms with Gasteiger partial charge in [0.1, 0.15) is 0 Å². The molecular formula is C12H14NO2. The number of nitrogens with zero attached hydrogens (tertiary/aromatic N) is 1. The van der Waals surface area contributed by atoms with Crippen molar-refractivity contribution in [3.8, 4) is 0 Å². The molecule has 0 saturated carbocycles. The van der Waals surface area contributed by atoms with Gasteiger partial charge in [0.2, 0.25) is 0 Å². The van der Waals surface area contributed by atoms with Crippen molar-refractivity contribution in [1.29, 1.82) is 0 Å². The maximum Gasteiger partial charge on any atom is 0.254 e. The van der Waals surface area contributed by atoms with Crippen LogP contribution in [0.4, 0.5) is 0 Å². The first-order valence-electron chi connectivity index (χ1n) is 5.06. The molecule has 1 radical (unpaired) electrons. The van der Waals surface area contributed by atoms with Gasteiger partial charge in [0.05, 0.1) is 13.2 Å². The molecule has 0 spiro atoms. The highest BCUT2D eigenvalue weighted by molar-refractivity contribution is 5.94. The van der Waals surface area contributed by atoms with E-state index in [1.807, 2.05) is 29.2 Å². The summed E-state index contributed by atoms with van der Waals surface area (Å²) in [7, 11) is 0. The van der Waals surface area contributed by atoms with Crippen LogP contribution in [0.5, 0.6) is 0 Å². The predicted molar refractivity (Wildman–Crippen MR) is 57.6 cm³/mol. The van der Waals surface area contributed by atoms with Crippen LogP contribution in [0.3, 0.4) is 0 Å². The van der Waals surface area contributed by atoms with Gasteiger partial charge in [-0.05, 0) is 24.6 Å². The summed E-state index contributed by atoms with van der Waals surface area (Å²) >= 11 is 0. The molecule has 1 fully saturated rings. The molecular weight excluding hydrogens is 190 g/mol. The minimum atomic E-state index is 0.0818. The molecule has 0 bridgehead atoms. The molecule has 0 atom stereocenters. The Labute approximate surface area is 89.7 Å². The van der Waals surface area contributed by atoms with E-state index in [4.69, 9.17) is 4.74 Å². The summed E-state index contributed by atoms with van der Waals surface area (Å²) in [6.45, 7) is 6.44. The molecule has 1 aliphatic heterocycles. The molecule has 1 aromatic carbocycles. The molecule has 0 aromatic heterocycles. The van der Waals surface area contributed by atoms with Crippen LogP contribution in [0.1, 0.15) is 15.9 Å². The van der Waals surface area contributed by atoms with E-state index in [0.717, 1.165) is 11.1 Å². The lowest BCUT2D eigenvalue weighted by molar-refractivity contribution is 0.0303. The first-order chi connectivity index (χ1) is 7.27. The quantitative estimate of drug-likeness (QED) is 0.691. The number of morpholine rings is 1. The van der Waals surface area contributed by atoms with Crippen LogP contribution in [0, 0.1) is 6.92 Å². The Morgan fingerprint density at radius 1 is 1.20 bits per heavy atom. The molecule has 1 amide bonds. The lowest BCUT2D eigenvalue weighted by Gasteiger charge is -2.26. The summed E-state index contributed by atoms with van der Waals surface area (Å²) in [4.78, 5) is 13.8. The van der Waals surface area contributed by atoms with Crippen molar-refractivity contribution < 1.29 is 9.53 Å². The third kappa shape index (κ3) is 2.36. The van der Waals surface area contributed by atoms with Crippen molar-refractivity contribution in [3.63, 3.8) is 0 Å². The molecule has 0 unspecified atom stereocenters. The average molecular weight is 204 g/mol. The van der Waals surface area contributed by atoms with Crippen LogP contribution in [-0.4, -0.2) is 37.1 Å². The van der Waals surface area contributed by atoms with E-state index in [2.05, 4.69) is 6.92 Å². The highest BCUT2D eigenvalue weighted by atomic mass is 16.5. The molecule has 3 nitrogen and oxygen atoms in total. The van der Waals surface area contributed by atoms with Crippen LogP contribution >= 0.6 is 0 Å². The summed E-state index contributed by atoms with van der Waals surface area (Å²) in [5.41, 5.74) is 1.65. The van der Waals surface area contributed by atoms with Crippen LogP contribution < -0.4 is 0 Å². The van der Waals surface area contributed by atoms with Gasteiger partial charge in [-0.2, -0.15) is 0 Å². The van der Waals surface area contributed by atoms with E-state index in [0.29, 0.717) is 26.3 Å². The second-order valence-electron chi connectivity index (χ2n) is 3.60. The smallest absolute Gasteiger partial charge is 0.254 e. The Morgan fingerprint density at radius 2 is 1.80 bits per heavy atom. The van der Waals surface area contributed by atoms with Crippen molar-refractivity contribution in [2.24, 2.45) is 0 Å². The van der Waals surface area contributed by atoms with Gasteiger partial charge in [0.25, 0.3) is 5.91 Å². The van der Waals surface area contributed by atoms with E-state index in [-0.39, 0.29) is 5.91 Å². The zero-order chi connectivity index (χ0) is 10.7. The van der Waals surface area contributed by atoms with Crippen LogP contribution in [0.25, 0.3) is 0 Å². The number of carbonyl (C=O) groups excluding carboxylic acids is 1. The first-order valence-corrected chi connectivity index (χ1v) is 5.06. The van der Waals surface area contributed by atoms with Crippen molar-refractivity contribution in [2.75, 3.05) is 26.3 Å². The number of benzene rings is 1. The van der Waals surface area contributed by atoms with E-state index < -0.39 is 0 Å². The number of carbonyl (C=O) groups is 1. The first kappa shape index (κ1) is 10.2. The summed E-state index contributed by atoms with van der Waals surface area (Å²) in [5.74, 6) is 0.0818. The van der Waals surface area contributed by atoms with Gasteiger partial charge >= 0.3 is 0 Å². The van der Waals surface area contributed by atoms with E-state index in [9.17, 15) is 4.79 Å². The second-order valence-corrected chi connectivity index (χ2v) is 3.60. The van der Waals surface area contributed by atoms with Crippen molar-refractivity contribution in [1.82, 2.24) is 4.90 Å². The summed E-state index contributed by atoms with van der Waals surface area (Å²) in [6.07, 6.45) is 0.